The maximum atomic E-state index is 4.89. The molecule has 0 aliphatic carbocycles. The van der Waals surface area contributed by atoms with Crippen molar-refractivity contribution >= 4 is 50.7 Å². The van der Waals surface area contributed by atoms with Gasteiger partial charge in [-0.15, -0.1) is 0 Å². The molecular weight excluding hydrogens is 414 g/mol. The number of aromatic amines is 3. The van der Waals surface area contributed by atoms with Gasteiger partial charge in [0.15, 0.2) is 23.3 Å². The summed E-state index contributed by atoms with van der Waals surface area (Å²) in [6.07, 6.45) is 0. The molecule has 0 radical (unpaired) electrons. The van der Waals surface area contributed by atoms with Crippen LogP contribution in [0.2, 0.25) is 0 Å². The first-order chi connectivity index (χ1) is 16.3. The molecule has 1 aliphatic heterocycles. The predicted molar refractivity (Wildman–Crippen MR) is 129 cm³/mol. The summed E-state index contributed by atoms with van der Waals surface area (Å²) in [4.78, 5) is 35.8. The quantitative estimate of drug-likeness (QED) is 0.393. The van der Waals surface area contributed by atoms with Gasteiger partial charge in [-0.25, -0.2) is 24.9 Å². The van der Waals surface area contributed by atoms with E-state index in [9.17, 15) is 0 Å². The number of para-hydroxylation sites is 6. The van der Waals surface area contributed by atoms with Crippen molar-refractivity contribution in [2.75, 3.05) is 11.6 Å². The Morgan fingerprint density at radius 1 is 0.606 bits per heavy atom. The molecule has 1 aliphatic rings. The Balaban J connectivity index is 1.38. The van der Waals surface area contributed by atoms with E-state index in [0.29, 0.717) is 35.9 Å². The summed E-state index contributed by atoms with van der Waals surface area (Å²) in [6, 6.07) is 23.7. The number of nitrogens with zero attached hydrogens (tertiary/aromatic N) is 6. The Kier molecular flexibility index (Phi) is 3.71. The van der Waals surface area contributed by atoms with Crippen molar-refractivity contribution < 1.29 is 0 Å². The molecule has 0 saturated carbocycles. The fourth-order valence-corrected chi connectivity index (χ4v) is 4.06. The van der Waals surface area contributed by atoms with Crippen molar-refractivity contribution in [1.82, 2.24) is 29.9 Å². The third kappa shape index (κ3) is 2.90. The van der Waals surface area contributed by atoms with Gasteiger partial charge in [-0.1, -0.05) is 36.4 Å². The summed E-state index contributed by atoms with van der Waals surface area (Å²) >= 11 is 0. The first kappa shape index (κ1) is 17.8. The number of aromatic nitrogens is 6. The lowest BCUT2D eigenvalue weighted by Gasteiger charge is -2.23. The number of amidine groups is 2. The summed E-state index contributed by atoms with van der Waals surface area (Å²) in [5.41, 5.74) is 5.44. The molecule has 6 aromatic rings. The third-order valence-electron chi connectivity index (χ3n) is 5.66. The fourth-order valence-electron chi connectivity index (χ4n) is 4.06. The van der Waals surface area contributed by atoms with E-state index >= 15 is 0 Å². The van der Waals surface area contributed by atoms with Gasteiger partial charge in [-0.2, -0.15) is 0 Å². The first-order valence-electron chi connectivity index (χ1n) is 10.6. The summed E-state index contributed by atoms with van der Waals surface area (Å²) in [5, 5.41) is 0. The Hall–Kier alpha value is -4.79. The van der Waals surface area contributed by atoms with E-state index in [0.717, 1.165) is 33.1 Å². The largest absolute Gasteiger partial charge is 0.335 e. The number of aliphatic imine (C=N–C) groups is 2. The zero-order valence-corrected chi connectivity index (χ0v) is 17.3. The maximum absolute atomic E-state index is 4.89. The van der Waals surface area contributed by atoms with Crippen molar-refractivity contribution in [3.05, 3.63) is 84.4 Å². The van der Waals surface area contributed by atoms with Crippen LogP contribution in [0.15, 0.2) is 82.8 Å². The molecule has 0 fully saturated rings. The minimum absolute atomic E-state index is 0.322. The zero-order chi connectivity index (χ0) is 21.8. The van der Waals surface area contributed by atoms with Crippen molar-refractivity contribution in [3.63, 3.8) is 0 Å². The van der Waals surface area contributed by atoms with Crippen LogP contribution in [0.25, 0.3) is 33.1 Å². The molecule has 0 spiro atoms. The molecule has 0 bridgehead atoms. The summed E-state index contributed by atoms with van der Waals surface area (Å²) in [6.45, 7) is 0.322. The predicted octanol–water partition coefficient (Wildman–Crippen LogP) is 3.99. The zero-order valence-electron chi connectivity index (χ0n) is 17.3. The van der Waals surface area contributed by atoms with Gasteiger partial charge in [-0.05, 0) is 36.4 Å². The average Bonchev–Trinajstić information content (AvgIpc) is 3.59. The number of H-pyrrole nitrogens is 3. The van der Waals surface area contributed by atoms with Crippen LogP contribution in [0.3, 0.4) is 0 Å². The van der Waals surface area contributed by atoms with Crippen LogP contribution in [0.5, 0.6) is 0 Å². The number of rotatable bonds is 3. The summed E-state index contributed by atoms with van der Waals surface area (Å²) in [7, 11) is 0. The second kappa shape index (κ2) is 6.86. The molecule has 158 valence electrons. The smallest absolute Gasteiger partial charge is 0.211 e. The van der Waals surface area contributed by atoms with E-state index in [1.165, 1.54) is 0 Å². The molecule has 0 saturated heterocycles. The SMILES string of the molecule is c1ccc2[nH]c(C3=NCN(c4nc5ccccc5[nH]4)C(c4nc5ccccc5[nH]4)=N3)nc2c1. The molecule has 3 aromatic carbocycles. The Morgan fingerprint density at radius 3 is 1.79 bits per heavy atom. The van der Waals surface area contributed by atoms with Crippen LogP contribution >= 0.6 is 0 Å². The molecule has 4 heterocycles. The number of nitrogens with one attached hydrogen (secondary N) is 3. The minimum Gasteiger partial charge on any atom is -0.335 e. The van der Waals surface area contributed by atoms with E-state index in [4.69, 9.17) is 20.0 Å². The highest BCUT2D eigenvalue weighted by Gasteiger charge is 2.27. The van der Waals surface area contributed by atoms with Crippen LogP contribution < -0.4 is 4.90 Å². The molecule has 33 heavy (non-hydrogen) atoms. The van der Waals surface area contributed by atoms with Crippen LogP contribution in [0.1, 0.15) is 11.6 Å². The van der Waals surface area contributed by atoms with Crippen LogP contribution in [0, 0.1) is 0 Å². The van der Waals surface area contributed by atoms with Gasteiger partial charge in [-0.3, -0.25) is 4.90 Å². The van der Waals surface area contributed by atoms with Crippen LogP contribution in [0.4, 0.5) is 5.95 Å². The van der Waals surface area contributed by atoms with Gasteiger partial charge >= 0.3 is 0 Å². The van der Waals surface area contributed by atoms with Crippen molar-refractivity contribution in [2.45, 2.75) is 0 Å². The van der Waals surface area contributed by atoms with E-state index in [1.54, 1.807) is 0 Å². The van der Waals surface area contributed by atoms with E-state index < -0.39 is 0 Å². The number of hydrogen-bond donors (Lipinski definition) is 3. The Labute approximate surface area is 187 Å². The Bertz CT molecular complexity index is 1620. The molecule has 0 unspecified atom stereocenters. The van der Waals surface area contributed by atoms with Gasteiger partial charge in [0.05, 0.1) is 33.1 Å². The van der Waals surface area contributed by atoms with Crippen molar-refractivity contribution in [2.24, 2.45) is 9.98 Å². The van der Waals surface area contributed by atoms with Gasteiger partial charge < -0.3 is 15.0 Å². The van der Waals surface area contributed by atoms with Crippen molar-refractivity contribution in [1.29, 1.82) is 0 Å². The van der Waals surface area contributed by atoms with Gasteiger partial charge in [0.25, 0.3) is 0 Å². The summed E-state index contributed by atoms with van der Waals surface area (Å²) in [5.74, 6) is 3.06. The molecule has 3 aromatic heterocycles. The number of benzene rings is 3. The summed E-state index contributed by atoms with van der Waals surface area (Å²) < 4.78 is 0. The van der Waals surface area contributed by atoms with Gasteiger partial charge in [0.1, 0.15) is 6.67 Å². The lowest BCUT2D eigenvalue weighted by molar-refractivity contribution is 0.936. The molecule has 0 atom stereocenters. The average molecular weight is 431 g/mol. The molecule has 7 rings (SSSR count). The highest BCUT2D eigenvalue weighted by molar-refractivity contribution is 6.17. The molecular formula is C24H17N9. The standard InChI is InChI=1S/C24H17N9/c1-2-8-15-14(7-1)26-21(27-15)20-25-13-33(24-30-18-11-5-6-12-19(18)31-24)23(32-20)22-28-16-9-3-4-10-17(16)29-22/h1-12H,13H2,(H,26,27)(H,28,29)(H,30,31). The number of imidazole rings is 3. The molecule has 3 N–H and O–H groups in total. The lowest BCUT2D eigenvalue weighted by atomic mass is 10.3. The van der Waals surface area contributed by atoms with E-state index in [1.807, 2.05) is 77.7 Å². The van der Waals surface area contributed by atoms with E-state index in [-0.39, 0.29) is 0 Å². The highest BCUT2D eigenvalue weighted by Crippen LogP contribution is 2.23. The van der Waals surface area contributed by atoms with Gasteiger partial charge in [0, 0.05) is 0 Å². The van der Waals surface area contributed by atoms with E-state index in [2.05, 4.69) is 19.9 Å². The maximum Gasteiger partial charge on any atom is 0.211 e. The Morgan fingerprint density at radius 2 is 1.15 bits per heavy atom. The van der Waals surface area contributed by atoms with Crippen LogP contribution in [-0.2, 0) is 0 Å². The van der Waals surface area contributed by atoms with Crippen molar-refractivity contribution in [3.8, 4) is 0 Å². The molecule has 9 heteroatoms. The highest BCUT2D eigenvalue weighted by atomic mass is 15.4. The lowest BCUT2D eigenvalue weighted by Crippen LogP contribution is -2.37. The topological polar surface area (TPSA) is 114 Å². The number of fused-ring (bicyclic) bond motifs is 3. The normalized spacial score (nSPS) is 14.2. The monoisotopic (exact) mass is 431 g/mol. The minimum atomic E-state index is 0.322. The third-order valence-corrected chi connectivity index (χ3v) is 5.66. The number of hydrogen-bond acceptors (Lipinski definition) is 6. The molecule has 0 amide bonds. The second-order valence-corrected chi connectivity index (χ2v) is 7.77. The van der Waals surface area contributed by atoms with Crippen LogP contribution in [-0.4, -0.2) is 48.2 Å². The molecule has 9 nitrogen and oxygen atoms in total. The second-order valence-electron chi connectivity index (χ2n) is 7.77. The first-order valence-corrected chi connectivity index (χ1v) is 10.6. The number of anilines is 1. The fraction of sp³-hybridized carbons (Fsp3) is 0.0417. The van der Waals surface area contributed by atoms with Gasteiger partial charge in [0.2, 0.25) is 5.95 Å².